The van der Waals surface area contributed by atoms with Crippen LogP contribution >= 0.6 is 11.8 Å². The van der Waals surface area contributed by atoms with Gasteiger partial charge in [0.2, 0.25) is 0 Å². The number of benzene rings is 1. The quantitative estimate of drug-likeness (QED) is 0.847. The van der Waals surface area contributed by atoms with Crippen LogP contribution in [0.2, 0.25) is 0 Å². The molecule has 0 aliphatic carbocycles. The second kappa shape index (κ2) is 7.72. The normalized spacial score (nSPS) is 34.9. The third-order valence-electron chi connectivity index (χ3n) is 4.18. The summed E-state index contributed by atoms with van der Waals surface area (Å²) in [5.41, 5.74) is 0.798. The molecule has 0 spiro atoms. The van der Waals surface area contributed by atoms with Gasteiger partial charge in [0, 0.05) is 0 Å². The summed E-state index contributed by atoms with van der Waals surface area (Å²) in [5, 5.41) is 10.5. The molecule has 2 fully saturated rings. The standard InChI is InChI=1S/C18H26O5S/c1-4-24-17-14(19)16-15(22-18(2,3)23-16)13(21-17)11-20-10-12-8-6-5-7-9-12/h5-9,13-17,19H,4,10-11H2,1-3H3/t13-,14-,15+,16-,17+/m1/s1. The summed E-state index contributed by atoms with van der Waals surface area (Å²) in [7, 11) is 0. The molecule has 2 saturated heterocycles. The molecule has 2 aliphatic heterocycles. The molecule has 0 unspecified atom stereocenters. The number of hydrogen-bond acceptors (Lipinski definition) is 6. The van der Waals surface area contributed by atoms with E-state index < -0.39 is 11.9 Å². The van der Waals surface area contributed by atoms with Gasteiger partial charge in [-0.1, -0.05) is 37.3 Å². The lowest BCUT2D eigenvalue weighted by atomic mass is 10.0. The van der Waals surface area contributed by atoms with Gasteiger partial charge in [0.15, 0.2) is 5.79 Å². The predicted molar refractivity (Wildman–Crippen MR) is 92.7 cm³/mol. The van der Waals surface area contributed by atoms with E-state index in [9.17, 15) is 5.11 Å². The van der Waals surface area contributed by atoms with Gasteiger partial charge in [-0.25, -0.2) is 0 Å². The molecular weight excluding hydrogens is 328 g/mol. The number of fused-ring (bicyclic) bond motifs is 1. The minimum atomic E-state index is -0.719. The van der Waals surface area contributed by atoms with Gasteiger partial charge in [0.25, 0.3) is 0 Å². The summed E-state index contributed by atoms with van der Waals surface area (Å²) in [5.74, 6) is 0.143. The van der Waals surface area contributed by atoms with Crippen molar-refractivity contribution in [3.63, 3.8) is 0 Å². The van der Waals surface area contributed by atoms with E-state index in [0.29, 0.717) is 13.2 Å². The Morgan fingerprint density at radius 1 is 1.17 bits per heavy atom. The first kappa shape index (κ1) is 18.2. The minimum absolute atomic E-state index is 0.257. The highest BCUT2D eigenvalue weighted by Crippen LogP contribution is 2.40. The maximum absolute atomic E-state index is 10.5. The van der Waals surface area contributed by atoms with E-state index in [1.165, 1.54) is 0 Å². The monoisotopic (exact) mass is 354 g/mol. The molecule has 5 atom stereocenters. The van der Waals surface area contributed by atoms with E-state index in [2.05, 4.69) is 0 Å². The smallest absolute Gasteiger partial charge is 0.164 e. The molecule has 1 aromatic rings. The Morgan fingerprint density at radius 2 is 1.88 bits per heavy atom. The van der Waals surface area contributed by atoms with Crippen LogP contribution in [0.1, 0.15) is 26.3 Å². The highest BCUT2D eigenvalue weighted by molar-refractivity contribution is 7.99. The molecule has 24 heavy (non-hydrogen) atoms. The molecule has 0 aromatic heterocycles. The Labute approximate surface area is 147 Å². The van der Waals surface area contributed by atoms with Crippen LogP contribution < -0.4 is 0 Å². The van der Waals surface area contributed by atoms with Gasteiger partial charge in [0.05, 0.1) is 13.2 Å². The van der Waals surface area contributed by atoms with Gasteiger partial charge in [-0.3, -0.25) is 0 Å². The lowest BCUT2D eigenvalue weighted by Crippen LogP contribution is -2.56. The molecule has 2 heterocycles. The van der Waals surface area contributed by atoms with Crippen molar-refractivity contribution in [1.82, 2.24) is 0 Å². The van der Waals surface area contributed by atoms with Crippen molar-refractivity contribution in [1.29, 1.82) is 0 Å². The van der Waals surface area contributed by atoms with Crippen molar-refractivity contribution in [3.8, 4) is 0 Å². The second-order valence-electron chi connectivity index (χ2n) is 6.55. The summed E-state index contributed by atoms with van der Waals surface area (Å²) in [6.45, 7) is 6.70. The van der Waals surface area contributed by atoms with Crippen LogP contribution in [0.3, 0.4) is 0 Å². The van der Waals surface area contributed by atoms with Crippen LogP contribution in [-0.4, -0.2) is 53.1 Å². The van der Waals surface area contributed by atoms with Crippen molar-refractivity contribution < 1.29 is 24.1 Å². The van der Waals surface area contributed by atoms with Crippen LogP contribution in [-0.2, 0) is 25.6 Å². The summed E-state index contributed by atoms with van der Waals surface area (Å²) in [4.78, 5) is 0. The van der Waals surface area contributed by atoms with Crippen molar-refractivity contribution >= 4 is 11.8 Å². The second-order valence-corrected chi connectivity index (χ2v) is 7.93. The Hall–Kier alpha value is -0.630. The molecule has 1 N–H and O–H groups in total. The Morgan fingerprint density at radius 3 is 2.58 bits per heavy atom. The molecule has 2 aliphatic rings. The van der Waals surface area contributed by atoms with Crippen molar-refractivity contribution in [2.24, 2.45) is 0 Å². The fraction of sp³-hybridized carbons (Fsp3) is 0.667. The predicted octanol–water partition coefficient (Wildman–Crippen LogP) is 2.56. The maximum Gasteiger partial charge on any atom is 0.164 e. The van der Waals surface area contributed by atoms with Gasteiger partial charge >= 0.3 is 0 Å². The molecule has 0 amide bonds. The molecule has 3 rings (SSSR count). The average Bonchev–Trinajstić information content (AvgIpc) is 2.89. The zero-order valence-corrected chi connectivity index (χ0v) is 15.2. The van der Waals surface area contributed by atoms with Gasteiger partial charge in [0.1, 0.15) is 29.9 Å². The average molecular weight is 354 g/mol. The first-order chi connectivity index (χ1) is 11.5. The van der Waals surface area contributed by atoms with Gasteiger partial charge < -0.3 is 24.1 Å². The van der Waals surface area contributed by atoms with Crippen molar-refractivity contribution in [2.75, 3.05) is 12.4 Å². The van der Waals surface area contributed by atoms with E-state index in [0.717, 1.165) is 11.3 Å². The van der Waals surface area contributed by atoms with E-state index in [4.69, 9.17) is 18.9 Å². The van der Waals surface area contributed by atoms with Crippen LogP contribution in [0.4, 0.5) is 0 Å². The highest BCUT2D eigenvalue weighted by Gasteiger charge is 2.54. The van der Waals surface area contributed by atoms with Crippen molar-refractivity contribution in [2.45, 2.75) is 63.0 Å². The highest BCUT2D eigenvalue weighted by atomic mass is 32.2. The number of hydrogen-bond donors (Lipinski definition) is 1. The summed E-state index contributed by atoms with van der Waals surface area (Å²) >= 11 is 1.58. The lowest BCUT2D eigenvalue weighted by Gasteiger charge is -2.39. The first-order valence-corrected chi connectivity index (χ1v) is 9.47. The molecule has 1 aromatic carbocycles. The number of rotatable bonds is 6. The Kier molecular flexibility index (Phi) is 5.85. The SMILES string of the molecule is CCS[C@@H]1O[C@H](COCc2ccccc2)[C@@H]2OC(C)(C)O[C@@H]2[C@H]1O. The summed E-state index contributed by atoms with van der Waals surface area (Å²) < 4.78 is 23.8. The first-order valence-electron chi connectivity index (χ1n) is 8.42. The largest absolute Gasteiger partial charge is 0.387 e. The molecule has 0 bridgehead atoms. The van der Waals surface area contributed by atoms with Crippen LogP contribution in [0.5, 0.6) is 0 Å². The number of aliphatic hydroxyl groups is 1. The van der Waals surface area contributed by atoms with E-state index in [-0.39, 0.29) is 23.7 Å². The third-order valence-corrected chi connectivity index (χ3v) is 5.23. The van der Waals surface area contributed by atoms with E-state index in [1.54, 1.807) is 11.8 Å². The topological polar surface area (TPSA) is 57.2 Å². The molecular formula is C18H26O5S. The van der Waals surface area contributed by atoms with E-state index in [1.807, 2.05) is 51.1 Å². The fourth-order valence-electron chi connectivity index (χ4n) is 3.16. The van der Waals surface area contributed by atoms with Crippen LogP contribution in [0.15, 0.2) is 30.3 Å². The minimum Gasteiger partial charge on any atom is -0.387 e. The number of thioether (sulfide) groups is 1. The molecule has 6 heteroatoms. The molecule has 0 saturated carbocycles. The summed E-state index contributed by atoms with van der Waals surface area (Å²) in [6.07, 6.45) is -1.66. The maximum atomic E-state index is 10.5. The summed E-state index contributed by atoms with van der Waals surface area (Å²) in [6, 6.07) is 10.0. The van der Waals surface area contributed by atoms with Crippen LogP contribution in [0, 0.1) is 0 Å². The van der Waals surface area contributed by atoms with Gasteiger partial charge in [-0.05, 0) is 25.2 Å². The third kappa shape index (κ3) is 4.12. The molecule has 5 nitrogen and oxygen atoms in total. The van der Waals surface area contributed by atoms with Gasteiger partial charge in [-0.15, -0.1) is 11.8 Å². The molecule has 0 radical (unpaired) electrons. The Bertz CT molecular complexity index is 523. The Balaban J connectivity index is 1.63. The fourth-order valence-corrected chi connectivity index (χ4v) is 4.06. The lowest BCUT2D eigenvalue weighted by molar-refractivity contribution is -0.175. The molecule has 134 valence electrons. The van der Waals surface area contributed by atoms with E-state index >= 15 is 0 Å². The number of aliphatic hydroxyl groups excluding tert-OH is 1. The zero-order chi connectivity index (χ0) is 17.2. The van der Waals surface area contributed by atoms with Crippen LogP contribution in [0.25, 0.3) is 0 Å². The zero-order valence-electron chi connectivity index (χ0n) is 14.4. The number of ether oxygens (including phenoxy) is 4. The van der Waals surface area contributed by atoms with Crippen molar-refractivity contribution in [3.05, 3.63) is 35.9 Å². The van der Waals surface area contributed by atoms with Gasteiger partial charge in [-0.2, -0.15) is 0 Å².